The molecule has 1 unspecified atom stereocenters. The van der Waals surface area contributed by atoms with Crippen molar-refractivity contribution in [1.82, 2.24) is 21.3 Å². The molecular weight excluding hydrogens is 632 g/mol. The van der Waals surface area contributed by atoms with Gasteiger partial charge in [-0.25, -0.2) is 0 Å². The van der Waals surface area contributed by atoms with Gasteiger partial charge in [0.25, 0.3) is 0 Å². The first-order chi connectivity index (χ1) is 23.4. The lowest BCUT2D eigenvalue weighted by molar-refractivity contribution is -0.222. The zero-order chi connectivity index (χ0) is 35.1. The van der Waals surface area contributed by atoms with E-state index >= 15 is 0 Å². The smallest absolute Gasteiger partial charge is 0.245 e. The summed E-state index contributed by atoms with van der Waals surface area (Å²) in [7, 11) is 0. The SMILES string of the molecule is CC(C)C[C@@H]1NC(=O)[C@H](C)NC(=O)C[C@@H](C2O[C@@H]3OC(C)(C)O[C@@H]3[C@H]2OCc2ccccc2)NC(=O)[C@H](COCc2ccccc2)NC1=O. The maximum atomic E-state index is 14.1. The van der Waals surface area contributed by atoms with E-state index in [1.807, 2.05) is 74.5 Å². The quantitative estimate of drug-likeness (QED) is 0.294. The first-order valence-electron chi connectivity index (χ1n) is 16.9. The lowest BCUT2D eigenvalue weighted by atomic mass is 9.99. The topological polar surface area (TPSA) is 163 Å². The Balaban J connectivity index is 1.43. The van der Waals surface area contributed by atoms with Crippen molar-refractivity contribution in [2.75, 3.05) is 6.61 Å². The van der Waals surface area contributed by atoms with Crippen LogP contribution in [0, 0.1) is 5.92 Å². The van der Waals surface area contributed by atoms with Crippen molar-refractivity contribution >= 4 is 23.6 Å². The van der Waals surface area contributed by atoms with Crippen LogP contribution in [0.4, 0.5) is 0 Å². The number of hydrogen-bond acceptors (Lipinski definition) is 9. The fourth-order valence-corrected chi connectivity index (χ4v) is 6.21. The van der Waals surface area contributed by atoms with Gasteiger partial charge in [0.05, 0.1) is 25.9 Å². The van der Waals surface area contributed by atoms with Gasteiger partial charge in [-0.3, -0.25) is 19.2 Å². The zero-order valence-corrected chi connectivity index (χ0v) is 28.7. The number of carbonyl (C=O) groups excluding carboxylic acids is 4. The molecule has 3 fully saturated rings. The first-order valence-corrected chi connectivity index (χ1v) is 16.9. The fraction of sp³-hybridized carbons (Fsp3) is 0.556. The minimum Gasteiger partial charge on any atom is -0.374 e. The molecular formula is C36H48N4O9. The van der Waals surface area contributed by atoms with Crippen molar-refractivity contribution in [2.45, 2.75) is 115 Å². The molecule has 0 saturated carbocycles. The summed E-state index contributed by atoms with van der Waals surface area (Å²) in [6, 6.07) is 15.0. The molecule has 2 aromatic carbocycles. The highest BCUT2D eigenvalue weighted by Gasteiger charge is 2.57. The van der Waals surface area contributed by atoms with Crippen LogP contribution in [-0.4, -0.2) is 84.8 Å². The second-order valence-electron chi connectivity index (χ2n) is 13.7. The number of hydrogen-bond donors (Lipinski definition) is 4. The van der Waals surface area contributed by atoms with Gasteiger partial charge in [-0.15, -0.1) is 0 Å². The van der Waals surface area contributed by atoms with Gasteiger partial charge in [-0.2, -0.15) is 0 Å². The van der Waals surface area contributed by atoms with E-state index < -0.39 is 78.2 Å². The number of ether oxygens (including phenoxy) is 5. The summed E-state index contributed by atoms with van der Waals surface area (Å²) in [5, 5.41) is 11.2. The van der Waals surface area contributed by atoms with E-state index in [0.717, 1.165) is 11.1 Å². The van der Waals surface area contributed by atoms with Gasteiger partial charge < -0.3 is 45.0 Å². The molecule has 2 aromatic rings. The summed E-state index contributed by atoms with van der Waals surface area (Å²) in [6.07, 6.45) is -3.07. The second-order valence-corrected chi connectivity index (χ2v) is 13.7. The van der Waals surface area contributed by atoms with Gasteiger partial charge in [0.15, 0.2) is 12.1 Å². The van der Waals surface area contributed by atoms with Crippen molar-refractivity contribution in [3.63, 3.8) is 0 Å². The van der Waals surface area contributed by atoms with Crippen molar-refractivity contribution in [1.29, 1.82) is 0 Å². The molecule has 266 valence electrons. The minimum atomic E-state index is -1.16. The Kier molecular flexibility index (Phi) is 12.0. The van der Waals surface area contributed by atoms with Gasteiger partial charge in [-0.1, -0.05) is 74.5 Å². The molecule has 0 spiro atoms. The molecule has 3 aliphatic rings. The van der Waals surface area contributed by atoms with Crippen molar-refractivity contribution in [2.24, 2.45) is 5.92 Å². The Morgan fingerprint density at radius 1 is 0.776 bits per heavy atom. The van der Waals surface area contributed by atoms with Crippen LogP contribution in [0.1, 0.15) is 58.6 Å². The van der Waals surface area contributed by atoms with Crippen molar-refractivity contribution < 1.29 is 42.9 Å². The molecule has 0 aliphatic carbocycles. The molecule has 8 atom stereocenters. The summed E-state index contributed by atoms with van der Waals surface area (Å²) >= 11 is 0. The van der Waals surface area contributed by atoms with Crippen LogP contribution in [0.5, 0.6) is 0 Å². The van der Waals surface area contributed by atoms with Crippen LogP contribution in [0.2, 0.25) is 0 Å². The van der Waals surface area contributed by atoms with Crippen LogP contribution in [0.3, 0.4) is 0 Å². The molecule has 3 saturated heterocycles. The van der Waals surface area contributed by atoms with Gasteiger partial charge in [0, 0.05) is 6.42 Å². The average Bonchev–Trinajstić information content (AvgIpc) is 3.54. The lowest BCUT2D eigenvalue weighted by Gasteiger charge is -2.32. The molecule has 13 heteroatoms. The molecule has 0 radical (unpaired) electrons. The molecule has 4 N–H and O–H groups in total. The summed E-state index contributed by atoms with van der Waals surface area (Å²) < 4.78 is 30.9. The van der Waals surface area contributed by atoms with Gasteiger partial charge in [-0.05, 0) is 44.2 Å². The van der Waals surface area contributed by atoms with E-state index in [4.69, 9.17) is 23.7 Å². The molecule has 13 nitrogen and oxygen atoms in total. The van der Waals surface area contributed by atoms with Crippen molar-refractivity contribution in [3.8, 4) is 0 Å². The maximum Gasteiger partial charge on any atom is 0.245 e. The number of nitrogens with one attached hydrogen (secondary N) is 4. The largest absolute Gasteiger partial charge is 0.374 e. The molecule has 3 heterocycles. The fourth-order valence-electron chi connectivity index (χ4n) is 6.21. The molecule has 0 aromatic heterocycles. The van der Waals surface area contributed by atoms with E-state index in [1.165, 1.54) is 6.92 Å². The molecule has 0 bridgehead atoms. The van der Waals surface area contributed by atoms with Crippen LogP contribution in [-0.2, 0) is 56.1 Å². The standard InChI is InChI=1S/C36H48N4O9/c1-21(2)16-26-33(43)40-27(20-45-18-23-12-8-6-9-13-23)34(44)38-25(17-28(41)37-22(3)32(42)39-26)29-30(46-19-24-14-10-7-11-15-24)31-35(47-29)49-36(4,5)48-31/h6-15,21-22,25-27,29-31,35H,16-20H2,1-5H3,(H,37,41)(H,38,44)(H,39,42)(H,40,43)/t22-,25-,26-,27-,29?,30-,31+,35+/m0/s1. The summed E-state index contributed by atoms with van der Waals surface area (Å²) in [4.78, 5) is 54.4. The van der Waals surface area contributed by atoms with Crippen LogP contribution >= 0.6 is 0 Å². The third-order valence-corrected chi connectivity index (χ3v) is 8.58. The first kappa shape index (κ1) is 36.4. The van der Waals surface area contributed by atoms with Crippen LogP contribution < -0.4 is 21.3 Å². The Labute approximate surface area is 287 Å². The van der Waals surface area contributed by atoms with Gasteiger partial charge in [0.1, 0.15) is 36.4 Å². The Bertz CT molecular complexity index is 1440. The normalized spacial score (nSPS) is 30.7. The zero-order valence-electron chi connectivity index (χ0n) is 28.7. The van der Waals surface area contributed by atoms with Gasteiger partial charge >= 0.3 is 0 Å². The van der Waals surface area contributed by atoms with Crippen molar-refractivity contribution in [3.05, 3.63) is 71.8 Å². The maximum absolute atomic E-state index is 14.1. The average molecular weight is 681 g/mol. The minimum absolute atomic E-state index is 0.0452. The Hall–Kier alpha value is -3.88. The molecule has 4 amide bonds. The highest BCUT2D eigenvalue weighted by molar-refractivity contribution is 5.95. The molecule has 49 heavy (non-hydrogen) atoms. The number of benzene rings is 2. The van der Waals surface area contributed by atoms with E-state index in [2.05, 4.69) is 21.3 Å². The number of rotatable bonds is 10. The molecule has 5 rings (SSSR count). The predicted octanol–water partition coefficient (Wildman–Crippen LogP) is 2.07. The van der Waals surface area contributed by atoms with E-state index in [0.29, 0.717) is 6.42 Å². The Morgan fingerprint density at radius 2 is 1.39 bits per heavy atom. The lowest BCUT2D eigenvalue weighted by Crippen LogP contribution is -2.59. The van der Waals surface area contributed by atoms with E-state index in [1.54, 1.807) is 13.8 Å². The summed E-state index contributed by atoms with van der Waals surface area (Å²) in [6.45, 7) is 9.17. The van der Waals surface area contributed by atoms with Crippen LogP contribution in [0.15, 0.2) is 60.7 Å². The number of fused-ring (bicyclic) bond motifs is 1. The number of amides is 4. The Morgan fingerprint density at radius 3 is 2.04 bits per heavy atom. The van der Waals surface area contributed by atoms with Gasteiger partial charge in [0.2, 0.25) is 23.6 Å². The third kappa shape index (κ3) is 9.86. The second kappa shape index (κ2) is 16.2. The highest BCUT2D eigenvalue weighted by atomic mass is 16.8. The third-order valence-electron chi connectivity index (χ3n) is 8.58. The summed E-state index contributed by atoms with van der Waals surface area (Å²) in [5.74, 6) is -3.07. The van der Waals surface area contributed by atoms with E-state index in [9.17, 15) is 19.2 Å². The van der Waals surface area contributed by atoms with Crippen LogP contribution in [0.25, 0.3) is 0 Å². The summed E-state index contributed by atoms with van der Waals surface area (Å²) in [5.41, 5.74) is 1.80. The van der Waals surface area contributed by atoms with E-state index in [-0.39, 0.29) is 32.2 Å². The monoisotopic (exact) mass is 680 g/mol. The number of carbonyl (C=O) groups is 4. The predicted molar refractivity (Wildman–Crippen MR) is 177 cm³/mol. The highest BCUT2D eigenvalue weighted by Crippen LogP contribution is 2.40. The molecule has 3 aliphatic heterocycles.